The number of hydrogen-bond acceptors (Lipinski definition) is 22. The van der Waals surface area contributed by atoms with Crippen molar-refractivity contribution in [3.8, 4) is 16.9 Å². The van der Waals surface area contributed by atoms with Gasteiger partial charge in [-0.3, -0.25) is 42.9 Å². The highest BCUT2D eigenvalue weighted by atomic mass is 31.2. The highest BCUT2D eigenvalue weighted by Gasteiger charge is 2.41. The van der Waals surface area contributed by atoms with Crippen LogP contribution in [0.15, 0.2) is 72.8 Å². The van der Waals surface area contributed by atoms with E-state index < -0.39 is 112 Å². The zero-order chi connectivity index (χ0) is 56.6. The van der Waals surface area contributed by atoms with E-state index in [1.807, 2.05) is 0 Å². The summed E-state index contributed by atoms with van der Waals surface area (Å²) in [6.45, 7) is 6.93. The van der Waals surface area contributed by atoms with Crippen LogP contribution in [-0.4, -0.2) is 113 Å². The summed E-state index contributed by atoms with van der Waals surface area (Å²) in [4.78, 5) is 125. The Labute approximate surface area is 451 Å². The summed E-state index contributed by atoms with van der Waals surface area (Å²) in [6.07, 6.45) is 3.44. The van der Waals surface area contributed by atoms with Crippen molar-refractivity contribution in [2.75, 3.05) is 53.0 Å². The lowest BCUT2D eigenvalue weighted by molar-refractivity contribution is -0.178. The Bertz CT molecular complexity index is 2570. The molecule has 5 rings (SSSR count). The number of rotatable bonds is 29. The Hall–Kier alpha value is -7.35. The van der Waals surface area contributed by atoms with Gasteiger partial charge in [0.2, 0.25) is 20.4 Å². The molecule has 0 radical (unpaired) electrons. The highest BCUT2D eigenvalue weighted by molar-refractivity contribution is 7.67. The Balaban J connectivity index is 1.04. The zero-order valence-electron chi connectivity index (χ0n) is 43.9. The number of fused-ring (bicyclic) bond motifs is 3. The van der Waals surface area contributed by atoms with Gasteiger partial charge >= 0.3 is 59.7 Å². The van der Waals surface area contributed by atoms with E-state index in [1.165, 1.54) is 13.8 Å². The number of para-hydroxylation sites is 1. The minimum Gasteiger partial charge on any atom is -0.462 e. The summed E-state index contributed by atoms with van der Waals surface area (Å²) in [6, 6.07) is 13.6. The molecular formula is C55H67O22P. The Kier molecular flexibility index (Phi) is 24.6. The van der Waals surface area contributed by atoms with E-state index in [0.29, 0.717) is 36.8 Å². The molecule has 3 aliphatic rings. The molecule has 22 nitrogen and oxygen atoms in total. The molecule has 23 heteroatoms. The lowest BCUT2D eigenvalue weighted by atomic mass is 9.78. The van der Waals surface area contributed by atoms with Crippen molar-refractivity contribution in [1.29, 1.82) is 0 Å². The van der Waals surface area contributed by atoms with Crippen LogP contribution in [0.25, 0.3) is 11.1 Å². The molecule has 6 atom stereocenters. The molecule has 2 saturated carbocycles. The lowest BCUT2D eigenvalue weighted by Crippen LogP contribution is -2.31. The van der Waals surface area contributed by atoms with E-state index in [1.54, 1.807) is 48.5 Å². The van der Waals surface area contributed by atoms with E-state index >= 15 is 0 Å². The summed E-state index contributed by atoms with van der Waals surface area (Å²) >= 11 is 0. The average Bonchev–Trinajstić information content (AvgIpc) is 3.51. The van der Waals surface area contributed by atoms with Gasteiger partial charge in [-0.2, -0.15) is 0 Å². The Morgan fingerprint density at radius 2 is 0.910 bits per heavy atom. The summed E-state index contributed by atoms with van der Waals surface area (Å²) in [7, 11) is -3.98. The molecule has 1 aliphatic heterocycles. The maximum absolute atomic E-state index is 14.8. The van der Waals surface area contributed by atoms with Gasteiger partial charge in [-0.15, -0.1) is 0 Å². The molecule has 0 saturated heterocycles. The predicted molar refractivity (Wildman–Crippen MR) is 271 cm³/mol. The minimum atomic E-state index is -3.98. The molecule has 2 aliphatic carbocycles. The molecule has 1 heterocycles. The molecule has 424 valence electrons. The number of esters is 10. The van der Waals surface area contributed by atoms with Gasteiger partial charge in [0.25, 0.3) is 7.37 Å². The van der Waals surface area contributed by atoms with Gasteiger partial charge in [-0.05, 0) is 93.7 Å². The second-order valence-electron chi connectivity index (χ2n) is 19.3. The van der Waals surface area contributed by atoms with E-state index in [4.69, 9.17) is 51.9 Å². The molecule has 6 unspecified atom stereocenters. The molecule has 0 amide bonds. The van der Waals surface area contributed by atoms with Crippen LogP contribution in [0.5, 0.6) is 5.75 Å². The van der Waals surface area contributed by atoms with Gasteiger partial charge in [0.1, 0.15) is 38.6 Å². The molecule has 0 bridgehead atoms. The Morgan fingerprint density at radius 3 is 1.40 bits per heavy atom. The first-order valence-corrected chi connectivity index (χ1v) is 27.5. The molecule has 2 fully saturated rings. The number of hydrogen-bond donors (Lipinski definition) is 0. The largest absolute Gasteiger partial charge is 0.462 e. The summed E-state index contributed by atoms with van der Waals surface area (Å²) < 4.78 is 71.3. The quantitative estimate of drug-likeness (QED) is 0.0156. The van der Waals surface area contributed by atoms with Crippen molar-refractivity contribution in [1.82, 2.24) is 0 Å². The first kappa shape index (κ1) is 61.5. The maximum atomic E-state index is 14.8. The van der Waals surface area contributed by atoms with Crippen LogP contribution in [0.3, 0.4) is 0 Å². The van der Waals surface area contributed by atoms with Crippen LogP contribution in [0.2, 0.25) is 0 Å². The van der Waals surface area contributed by atoms with Crippen LogP contribution < -0.4 is 9.83 Å². The van der Waals surface area contributed by atoms with Crippen LogP contribution in [0.4, 0.5) is 0 Å². The number of benzene rings is 2. The topological polar surface area (TPSA) is 289 Å². The van der Waals surface area contributed by atoms with Gasteiger partial charge in [-0.25, -0.2) is 9.59 Å². The third kappa shape index (κ3) is 20.9. The molecule has 2 aromatic carbocycles. The van der Waals surface area contributed by atoms with Gasteiger partial charge in [-0.1, -0.05) is 62.4 Å². The number of carbonyl (C=O) groups excluding carboxylic acids is 10. The fourth-order valence-corrected chi connectivity index (χ4v) is 11.8. The first-order valence-electron chi connectivity index (χ1n) is 25.7. The predicted octanol–water partition coefficient (Wildman–Crippen LogP) is 6.68. The molecule has 2 aromatic rings. The van der Waals surface area contributed by atoms with Crippen LogP contribution in [0, 0.1) is 29.6 Å². The third-order valence-electron chi connectivity index (χ3n) is 13.0. The Morgan fingerprint density at radius 1 is 0.513 bits per heavy atom. The molecule has 0 N–H and O–H groups in total. The van der Waals surface area contributed by atoms with Crippen molar-refractivity contribution in [2.45, 2.75) is 104 Å². The van der Waals surface area contributed by atoms with Crippen LogP contribution >= 0.6 is 7.37 Å². The number of ether oxygens (including phenoxy) is 10. The van der Waals surface area contributed by atoms with Gasteiger partial charge in [0, 0.05) is 42.4 Å². The van der Waals surface area contributed by atoms with Gasteiger partial charge < -0.3 is 51.9 Å². The molecule has 0 aromatic heterocycles. The molecule has 0 spiro atoms. The van der Waals surface area contributed by atoms with Crippen LogP contribution in [0.1, 0.15) is 104 Å². The highest BCUT2D eigenvalue weighted by Crippen LogP contribution is 2.56. The maximum Gasteiger partial charge on any atom is 0.333 e. The zero-order valence-corrected chi connectivity index (χ0v) is 44.8. The van der Waals surface area contributed by atoms with E-state index in [-0.39, 0.29) is 98.0 Å². The van der Waals surface area contributed by atoms with Crippen LogP contribution in [-0.2, 0) is 99.9 Å². The second kappa shape index (κ2) is 31.2. The lowest BCUT2D eigenvalue weighted by Gasteiger charge is -2.30. The van der Waals surface area contributed by atoms with Gasteiger partial charge in [0.05, 0.1) is 23.8 Å². The van der Waals surface area contributed by atoms with Crippen molar-refractivity contribution < 1.29 is 104 Å². The van der Waals surface area contributed by atoms with Gasteiger partial charge in [0.15, 0.2) is 0 Å². The summed E-state index contributed by atoms with van der Waals surface area (Å²) in [5.74, 6) is -9.47. The minimum absolute atomic E-state index is 0.00201. The van der Waals surface area contributed by atoms with Crippen molar-refractivity contribution in [2.24, 2.45) is 29.6 Å². The summed E-state index contributed by atoms with van der Waals surface area (Å²) in [5, 5.41) is 0.286. The van der Waals surface area contributed by atoms with Crippen molar-refractivity contribution in [3.63, 3.8) is 0 Å². The SMILES string of the molecule is C=C(C)C(=O)OCCOC(=O)CC1CCCC(CC(=O)OCOC(=O)CC(=O)OCOC(=O)CC(CP2(=O)Oc3ccccc3-c3ccccc32)C(=O)OCOC(=O)CC2CCCC(CC(=O)OCCOC(=O)C(=C)C)C2)C1. The first-order chi connectivity index (χ1) is 37.3. The fourth-order valence-electron chi connectivity index (χ4n) is 9.25. The van der Waals surface area contributed by atoms with E-state index in [9.17, 15) is 52.5 Å². The fraction of sp³-hybridized carbons (Fsp3) is 0.527. The normalized spacial score (nSPS) is 19.5. The van der Waals surface area contributed by atoms with E-state index in [2.05, 4.69) is 13.2 Å². The second-order valence-corrected chi connectivity index (χ2v) is 21.7. The van der Waals surface area contributed by atoms with Crippen molar-refractivity contribution in [3.05, 3.63) is 72.8 Å². The molecule has 78 heavy (non-hydrogen) atoms. The molecular weight excluding hydrogens is 1040 g/mol. The van der Waals surface area contributed by atoms with E-state index in [0.717, 1.165) is 25.7 Å². The average molecular weight is 1110 g/mol. The standard InChI is InChI=1S/C55H67O22P/c1-35(2)53(63)69-21-19-67-46(56)25-37-11-9-13-39(23-37)27-48(58)71-32-73-51(61)30-52(62)74-33-72-50(60)29-41(31-78(66)45-18-8-6-16-43(45)42-15-5-7-17-44(42)77-78)55(65)76-34-75-49(59)28-40-14-10-12-38(24-40)26-47(57)68-20-22-70-54(64)36(3)4/h5-8,15-18,37-41H,1,3,9-14,19-34H2,2,4H3. The smallest absolute Gasteiger partial charge is 0.333 e. The number of carbonyl (C=O) groups is 10. The monoisotopic (exact) mass is 1110 g/mol. The summed E-state index contributed by atoms with van der Waals surface area (Å²) in [5.41, 5.74) is 1.69. The third-order valence-corrected chi connectivity index (χ3v) is 15.5. The van der Waals surface area contributed by atoms with Crippen molar-refractivity contribution >= 4 is 72.4 Å².